The number of phosphoric ester groups is 1. The van der Waals surface area contributed by atoms with Crippen molar-refractivity contribution in [1.29, 1.82) is 0 Å². The van der Waals surface area contributed by atoms with Crippen molar-refractivity contribution in [2.75, 3.05) is 40.9 Å². The molecule has 9 heteroatoms. The number of aliphatic hydroxyl groups excluding tert-OH is 1. The van der Waals surface area contributed by atoms with E-state index < -0.39 is 26.6 Å². The summed E-state index contributed by atoms with van der Waals surface area (Å²) in [7, 11) is 1.25. The van der Waals surface area contributed by atoms with Gasteiger partial charge in [-0.05, 0) is 64.2 Å². The highest BCUT2D eigenvalue weighted by atomic mass is 31.2. The average molecular weight is 1030 g/mol. The van der Waals surface area contributed by atoms with Gasteiger partial charge in [-0.2, -0.15) is 0 Å². The number of nitrogens with one attached hydrogen (secondary N) is 1. The van der Waals surface area contributed by atoms with Crippen molar-refractivity contribution in [2.24, 2.45) is 0 Å². The minimum absolute atomic E-state index is 0.00613. The molecule has 1 amide bonds. The monoisotopic (exact) mass is 1030 g/mol. The third-order valence-electron chi connectivity index (χ3n) is 14.0. The predicted molar refractivity (Wildman–Crippen MR) is 311 cm³/mol. The van der Waals surface area contributed by atoms with Crippen molar-refractivity contribution in [3.05, 3.63) is 48.6 Å². The molecular weight excluding hydrogens is 912 g/mol. The van der Waals surface area contributed by atoms with Gasteiger partial charge in [0.2, 0.25) is 5.91 Å². The minimum Gasteiger partial charge on any atom is -0.756 e. The number of phosphoric acid groups is 1. The minimum atomic E-state index is -4.61. The lowest BCUT2D eigenvalue weighted by atomic mass is 10.0. The predicted octanol–water partition coefficient (Wildman–Crippen LogP) is 18.5. The SMILES string of the molecule is CCCCCCC/C=C\C/C=C\CCCCCCCCCCCCCCCCCC(=O)NC(COP(=O)([O-])OCC[N+](C)(C)C)C(O)/C=C/CC/C=C/CCCCCCCCCCCCCCCCCCC. The highest BCUT2D eigenvalue weighted by Gasteiger charge is 2.23. The van der Waals surface area contributed by atoms with E-state index in [1.54, 1.807) is 6.08 Å². The zero-order chi connectivity index (χ0) is 52.7. The highest BCUT2D eigenvalue weighted by Crippen LogP contribution is 2.38. The van der Waals surface area contributed by atoms with Crippen LogP contribution in [0.4, 0.5) is 0 Å². The van der Waals surface area contributed by atoms with Crippen LogP contribution in [-0.2, 0) is 18.4 Å². The quantitative estimate of drug-likeness (QED) is 0.0272. The van der Waals surface area contributed by atoms with Gasteiger partial charge in [0.05, 0.1) is 39.9 Å². The number of unbranched alkanes of at least 4 members (excludes halogenated alkanes) is 38. The molecule has 8 nitrogen and oxygen atoms in total. The van der Waals surface area contributed by atoms with E-state index in [0.717, 1.165) is 44.9 Å². The first-order valence-electron chi connectivity index (χ1n) is 31.0. The normalized spacial score (nSPS) is 14.2. The molecule has 0 saturated carbocycles. The fraction of sp³-hybridized carbons (Fsp3) is 0.857. The molecule has 0 heterocycles. The molecule has 3 atom stereocenters. The van der Waals surface area contributed by atoms with Crippen molar-refractivity contribution < 1.29 is 32.9 Å². The molecule has 0 saturated heterocycles. The number of rotatable bonds is 57. The molecule has 0 aromatic rings. The lowest BCUT2D eigenvalue weighted by Crippen LogP contribution is -2.45. The van der Waals surface area contributed by atoms with Gasteiger partial charge in [0, 0.05) is 6.42 Å². The van der Waals surface area contributed by atoms with Crippen LogP contribution in [0.1, 0.15) is 296 Å². The van der Waals surface area contributed by atoms with E-state index in [0.29, 0.717) is 17.4 Å². The van der Waals surface area contributed by atoms with E-state index in [2.05, 4.69) is 55.6 Å². The zero-order valence-corrected chi connectivity index (χ0v) is 49.3. The van der Waals surface area contributed by atoms with Gasteiger partial charge in [0.15, 0.2) is 0 Å². The van der Waals surface area contributed by atoms with E-state index in [4.69, 9.17) is 9.05 Å². The van der Waals surface area contributed by atoms with Gasteiger partial charge in [0.1, 0.15) is 13.2 Å². The maximum Gasteiger partial charge on any atom is 0.268 e. The number of carbonyl (C=O) groups excluding carboxylic acids is 1. The van der Waals surface area contributed by atoms with Crippen LogP contribution in [-0.4, -0.2) is 68.5 Å². The lowest BCUT2D eigenvalue weighted by Gasteiger charge is -2.29. The molecule has 0 fully saturated rings. The third-order valence-corrected chi connectivity index (χ3v) is 15.0. The summed E-state index contributed by atoms with van der Waals surface area (Å²) < 4.78 is 23.4. The van der Waals surface area contributed by atoms with E-state index in [1.807, 2.05) is 27.2 Å². The maximum absolute atomic E-state index is 13.0. The third kappa shape index (κ3) is 56.2. The number of aliphatic hydroxyl groups is 1. The number of allylic oxidation sites excluding steroid dienone is 7. The molecule has 0 bridgehead atoms. The van der Waals surface area contributed by atoms with Crippen molar-refractivity contribution in [3.63, 3.8) is 0 Å². The number of hydrogen-bond acceptors (Lipinski definition) is 6. The smallest absolute Gasteiger partial charge is 0.268 e. The molecule has 2 N–H and O–H groups in total. The van der Waals surface area contributed by atoms with Crippen molar-refractivity contribution in [2.45, 2.75) is 309 Å². The van der Waals surface area contributed by atoms with Crippen LogP contribution in [0, 0.1) is 0 Å². The van der Waals surface area contributed by atoms with E-state index in [-0.39, 0.29) is 12.5 Å². The van der Waals surface area contributed by atoms with Crippen LogP contribution in [0.15, 0.2) is 48.6 Å². The van der Waals surface area contributed by atoms with Gasteiger partial charge in [0.25, 0.3) is 7.82 Å². The first-order chi connectivity index (χ1) is 35.0. The fourth-order valence-corrected chi connectivity index (χ4v) is 9.87. The standard InChI is InChI=1S/C63H121N2O6P/c1-6-8-10-12-14-16-18-20-22-24-26-28-30-31-32-33-35-37-39-41-43-45-47-49-51-53-55-57-63(67)64-61(60-71-72(68,69)70-59-58-65(3,4)5)62(66)56-54-52-50-48-46-44-42-40-38-36-34-29-27-25-23-21-19-17-15-13-11-9-7-2/h18,20,24,26,46,48,54,56,61-62,66H,6-17,19,21-23,25,27-45,47,49-53,55,57-60H2,1-5H3,(H-,64,67,68,69)/b20-18-,26-24-,48-46+,56-54+. The number of likely N-dealkylation sites (N-methyl/N-ethyl adjacent to an activating group) is 1. The summed E-state index contributed by atoms with van der Waals surface area (Å²) in [5, 5.41) is 13.9. The van der Waals surface area contributed by atoms with Crippen molar-refractivity contribution in [1.82, 2.24) is 5.32 Å². The van der Waals surface area contributed by atoms with E-state index in [9.17, 15) is 19.4 Å². The molecule has 0 aliphatic carbocycles. The van der Waals surface area contributed by atoms with Crippen LogP contribution in [0.5, 0.6) is 0 Å². The van der Waals surface area contributed by atoms with Crippen LogP contribution in [0.2, 0.25) is 0 Å². The Hall–Kier alpha value is -1.54. The number of nitrogens with zero attached hydrogens (tertiary/aromatic N) is 1. The molecule has 0 radical (unpaired) electrons. The van der Waals surface area contributed by atoms with E-state index >= 15 is 0 Å². The summed E-state index contributed by atoms with van der Waals surface area (Å²) in [6, 6.07) is -0.905. The molecule has 3 unspecified atom stereocenters. The topological polar surface area (TPSA) is 108 Å². The molecule has 0 aromatic carbocycles. The summed E-state index contributed by atoms with van der Waals surface area (Å²) >= 11 is 0. The van der Waals surface area contributed by atoms with Gasteiger partial charge in [-0.15, -0.1) is 0 Å². The Morgan fingerprint density at radius 1 is 0.486 bits per heavy atom. The molecule has 0 aliphatic heterocycles. The van der Waals surface area contributed by atoms with Crippen molar-refractivity contribution >= 4 is 13.7 Å². The molecule has 72 heavy (non-hydrogen) atoms. The van der Waals surface area contributed by atoms with Crippen LogP contribution < -0.4 is 10.2 Å². The summed E-state index contributed by atoms with van der Waals surface area (Å²) in [6.07, 6.45) is 72.0. The second-order valence-electron chi connectivity index (χ2n) is 22.4. The van der Waals surface area contributed by atoms with Crippen LogP contribution in [0.3, 0.4) is 0 Å². The largest absolute Gasteiger partial charge is 0.756 e. The van der Waals surface area contributed by atoms with Gasteiger partial charge < -0.3 is 28.8 Å². The Kier molecular flexibility index (Phi) is 53.1. The number of carbonyl (C=O) groups is 1. The highest BCUT2D eigenvalue weighted by molar-refractivity contribution is 7.45. The molecular formula is C63H121N2O6P. The van der Waals surface area contributed by atoms with Gasteiger partial charge in [-0.25, -0.2) is 0 Å². The lowest BCUT2D eigenvalue weighted by molar-refractivity contribution is -0.870. The first-order valence-corrected chi connectivity index (χ1v) is 32.5. The van der Waals surface area contributed by atoms with Crippen LogP contribution >= 0.6 is 7.82 Å². The Morgan fingerprint density at radius 2 is 0.819 bits per heavy atom. The Bertz CT molecular complexity index is 1310. The number of hydrogen-bond donors (Lipinski definition) is 2. The second-order valence-corrected chi connectivity index (χ2v) is 23.8. The summed E-state index contributed by atoms with van der Waals surface area (Å²) in [5.74, 6) is -0.204. The Morgan fingerprint density at radius 3 is 1.21 bits per heavy atom. The van der Waals surface area contributed by atoms with Crippen molar-refractivity contribution in [3.8, 4) is 0 Å². The van der Waals surface area contributed by atoms with E-state index in [1.165, 1.54) is 231 Å². The molecule has 424 valence electrons. The molecule has 0 rings (SSSR count). The van der Waals surface area contributed by atoms with Gasteiger partial charge in [-0.3, -0.25) is 9.36 Å². The Balaban J connectivity index is 4.18. The maximum atomic E-state index is 13.0. The number of amides is 1. The van der Waals surface area contributed by atoms with Crippen LogP contribution in [0.25, 0.3) is 0 Å². The second kappa shape index (κ2) is 54.3. The first kappa shape index (κ1) is 70.5. The molecule has 0 aliphatic rings. The molecule has 0 spiro atoms. The Labute approximate surface area is 448 Å². The van der Waals surface area contributed by atoms with Gasteiger partial charge >= 0.3 is 0 Å². The number of quaternary nitrogens is 1. The van der Waals surface area contributed by atoms with Gasteiger partial charge in [-0.1, -0.05) is 274 Å². The summed E-state index contributed by atoms with van der Waals surface area (Å²) in [5.41, 5.74) is 0. The molecule has 0 aromatic heterocycles. The summed E-state index contributed by atoms with van der Waals surface area (Å²) in [6.45, 7) is 4.65. The zero-order valence-electron chi connectivity index (χ0n) is 48.4. The average Bonchev–Trinajstić information content (AvgIpc) is 3.34. The fourth-order valence-electron chi connectivity index (χ4n) is 9.14. The summed E-state index contributed by atoms with van der Waals surface area (Å²) in [4.78, 5) is 25.5.